The fraction of sp³-hybridized carbons (Fsp3) is 0.375. The number of allylic oxidation sites excluding steroid dienone is 4. The number of benzene rings is 1. The van der Waals surface area contributed by atoms with Crippen molar-refractivity contribution >= 4 is 5.57 Å². The monoisotopic (exact) mass is 212 g/mol. The van der Waals surface area contributed by atoms with Crippen LogP contribution in [0.5, 0.6) is 0 Å². The van der Waals surface area contributed by atoms with Crippen LogP contribution in [-0.2, 0) is 0 Å². The molecule has 1 unspecified atom stereocenters. The lowest BCUT2D eigenvalue weighted by Gasteiger charge is -2.31. The predicted molar refractivity (Wildman–Crippen MR) is 71.1 cm³/mol. The van der Waals surface area contributed by atoms with Crippen molar-refractivity contribution in [3.8, 4) is 0 Å². The van der Waals surface area contributed by atoms with Crippen LogP contribution in [0.4, 0.5) is 0 Å². The number of hydrogen-bond donors (Lipinski definition) is 0. The average molecular weight is 212 g/mol. The Balaban J connectivity index is 2.21. The van der Waals surface area contributed by atoms with Gasteiger partial charge in [-0.2, -0.15) is 0 Å². The van der Waals surface area contributed by atoms with Gasteiger partial charge in [-0.3, -0.25) is 0 Å². The van der Waals surface area contributed by atoms with Crippen molar-refractivity contribution in [1.29, 1.82) is 0 Å². The Hall–Kier alpha value is -1.30. The summed E-state index contributed by atoms with van der Waals surface area (Å²) >= 11 is 0. The van der Waals surface area contributed by atoms with E-state index < -0.39 is 0 Å². The van der Waals surface area contributed by atoms with Gasteiger partial charge in [0.1, 0.15) is 0 Å². The molecular formula is C16H20. The van der Waals surface area contributed by atoms with Gasteiger partial charge in [-0.05, 0) is 28.9 Å². The van der Waals surface area contributed by atoms with Crippen LogP contribution in [0, 0.1) is 11.3 Å². The smallest absolute Gasteiger partial charge is 0.0141 e. The molecule has 0 saturated carbocycles. The Bertz CT molecular complexity index is 401. The highest BCUT2D eigenvalue weighted by Gasteiger charge is 2.24. The van der Waals surface area contributed by atoms with Gasteiger partial charge in [0.2, 0.25) is 0 Å². The summed E-state index contributed by atoms with van der Waals surface area (Å²) in [7, 11) is 0. The molecule has 0 bridgehead atoms. The maximum atomic E-state index is 2.34. The average Bonchev–Trinajstić information content (AvgIpc) is 2.29. The van der Waals surface area contributed by atoms with E-state index in [2.05, 4.69) is 69.3 Å². The van der Waals surface area contributed by atoms with Gasteiger partial charge in [0, 0.05) is 0 Å². The molecule has 0 spiro atoms. The minimum absolute atomic E-state index is 0.352. The molecule has 0 fully saturated rings. The first kappa shape index (κ1) is 11.2. The summed E-state index contributed by atoms with van der Waals surface area (Å²) in [4.78, 5) is 0. The molecule has 1 aliphatic carbocycles. The van der Waals surface area contributed by atoms with Crippen LogP contribution in [0.15, 0.2) is 48.6 Å². The van der Waals surface area contributed by atoms with Crippen molar-refractivity contribution < 1.29 is 0 Å². The summed E-state index contributed by atoms with van der Waals surface area (Å²) in [5, 5.41) is 0. The van der Waals surface area contributed by atoms with E-state index in [4.69, 9.17) is 0 Å². The van der Waals surface area contributed by atoms with Gasteiger partial charge in [-0.15, -0.1) is 0 Å². The summed E-state index contributed by atoms with van der Waals surface area (Å²) in [6.45, 7) is 6.95. The fourth-order valence-corrected chi connectivity index (χ4v) is 2.14. The second-order valence-electron chi connectivity index (χ2n) is 5.62. The van der Waals surface area contributed by atoms with E-state index in [1.165, 1.54) is 11.1 Å². The molecule has 1 aromatic rings. The first-order valence-corrected chi connectivity index (χ1v) is 6.00. The van der Waals surface area contributed by atoms with E-state index in [1.807, 2.05) is 0 Å². The van der Waals surface area contributed by atoms with E-state index in [-0.39, 0.29) is 0 Å². The molecule has 16 heavy (non-hydrogen) atoms. The van der Waals surface area contributed by atoms with Gasteiger partial charge in [0.05, 0.1) is 0 Å². The van der Waals surface area contributed by atoms with Crippen LogP contribution < -0.4 is 0 Å². The van der Waals surface area contributed by atoms with E-state index >= 15 is 0 Å². The molecule has 1 aliphatic rings. The van der Waals surface area contributed by atoms with Crippen LogP contribution in [0.25, 0.3) is 5.57 Å². The third-order valence-corrected chi connectivity index (χ3v) is 3.34. The molecular weight excluding hydrogens is 192 g/mol. The lowest BCUT2D eigenvalue weighted by molar-refractivity contribution is 0.296. The first-order chi connectivity index (χ1) is 7.57. The minimum Gasteiger partial charge on any atom is -0.0806 e. The Labute approximate surface area is 98.7 Å². The summed E-state index contributed by atoms with van der Waals surface area (Å²) in [5.41, 5.74) is 3.18. The first-order valence-electron chi connectivity index (χ1n) is 6.00. The van der Waals surface area contributed by atoms with Gasteiger partial charge in [0.15, 0.2) is 0 Å². The molecule has 0 aliphatic heterocycles. The third-order valence-electron chi connectivity index (χ3n) is 3.34. The largest absolute Gasteiger partial charge is 0.0806 e. The molecule has 0 heteroatoms. The van der Waals surface area contributed by atoms with Crippen molar-refractivity contribution in [2.24, 2.45) is 11.3 Å². The second-order valence-corrected chi connectivity index (χ2v) is 5.62. The molecule has 0 saturated heterocycles. The van der Waals surface area contributed by atoms with Gasteiger partial charge >= 0.3 is 0 Å². The van der Waals surface area contributed by atoms with Crippen LogP contribution in [-0.4, -0.2) is 0 Å². The van der Waals surface area contributed by atoms with Crippen LogP contribution in [0.1, 0.15) is 32.8 Å². The van der Waals surface area contributed by atoms with Crippen LogP contribution in [0.3, 0.4) is 0 Å². The van der Waals surface area contributed by atoms with Crippen molar-refractivity contribution in [1.82, 2.24) is 0 Å². The Kier molecular flexibility index (Phi) is 3.00. The third kappa shape index (κ3) is 2.44. The van der Waals surface area contributed by atoms with Gasteiger partial charge < -0.3 is 0 Å². The van der Waals surface area contributed by atoms with Crippen LogP contribution in [0.2, 0.25) is 0 Å². The molecule has 0 N–H and O–H groups in total. The quantitative estimate of drug-likeness (QED) is 0.633. The highest BCUT2D eigenvalue weighted by Crippen LogP contribution is 2.37. The molecule has 1 aromatic carbocycles. The zero-order valence-electron chi connectivity index (χ0n) is 10.4. The zero-order chi connectivity index (χ0) is 11.6. The molecule has 0 nitrogen and oxygen atoms in total. The molecule has 84 valence electrons. The second kappa shape index (κ2) is 4.29. The Morgan fingerprint density at radius 1 is 1.06 bits per heavy atom. The topological polar surface area (TPSA) is 0 Å². The minimum atomic E-state index is 0.352. The van der Waals surface area contributed by atoms with Gasteiger partial charge in [-0.25, -0.2) is 0 Å². The molecule has 0 radical (unpaired) electrons. The van der Waals surface area contributed by atoms with E-state index in [1.54, 1.807) is 0 Å². The van der Waals surface area contributed by atoms with Gasteiger partial charge in [0.25, 0.3) is 0 Å². The molecule has 0 amide bonds. The summed E-state index contributed by atoms with van der Waals surface area (Å²) < 4.78 is 0. The number of rotatable bonds is 1. The molecule has 1 atom stereocenters. The summed E-state index contributed by atoms with van der Waals surface area (Å²) in [6.07, 6.45) is 7.95. The molecule has 0 heterocycles. The zero-order valence-corrected chi connectivity index (χ0v) is 10.4. The maximum absolute atomic E-state index is 2.34. The standard InChI is InChI=1S/C16H20/c1-16(2,3)15-11-7-10-14(12-15)13-8-5-4-6-9-13/h4-11,15H,12H2,1-3H3. The lowest BCUT2D eigenvalue weighted by atomic mass is 9.74. The number of hydrogen-bond acceptors (Lipinski definition) is 0. The van der Waals surface area contributed by atoms with Gasteiger partial charge in [-0.1, -0.05) is 69.3 Å². The SMILES string of the molecule is CC(C)(C)C1C=CC=C(c2ccccc2)C1. The lowest BCUT2D eigenvalue weighted by Crippen LogP contribution is -2.20. The van der Waals surface area contributed by atoms with E-state index in [0.717, 1.165) is 6.42 Å². The Morgan fingerprint density at radius 2 is 1.75 bits per heavy atom. The fourth-order valence-electron chi connectivity index (χ4n) is 2.14. The van der Waals surface area contributed by atoms with Crippen molar-refractivity contribution in [2.45, 2.75) is 27.2 Å². The normalized spacial score (nSPS) is 20.7. The molecule has 0 aromatic heterocycles. The van der Waals surface area contributed by atoms with E-state index in [9.17, 15) is 0 Å². The highest BCUT2D eigenvalue weighted by atomic mass is 14.3. The highest BCUT2D eigenvalue weighted by molar-refractivity contribution is 5.68. The van der Waals surface area contributed by atoms with Crippen molar-refractivity contribution in [3.63, 3.8) is 0 Å². The van der Waals surface area contributed by atoms with E-state index in [0.29, 0.717) is 11.3 Å². The summed E-state index contributed by atoms with van der Waals surface area (Å²) in [6, 6.07) is 10.7. The van der Waals surface area contributed by atoms with Crippen LogP contribution >= 0.6 is 0 Å². The molecule has 2 rings (SSSR count). The Morgan fingerprint density at radius 3 is 2.38 bits per heavy atom. The van der Waals surface area contributed by atoms with Crippen molar-refractivity contribution in [2.75, 3.05) is 0 Å². The summed E-state index contributed by atoms with van der Waals surface area (Å²) in [5.74, 6) is 0.646. The van der Waals surface area contributed by atoms with Crippen molar-refractivity contribution in [3.05, 3.63) is 54.1 Å². The predicted octanol–water partition coefficient (Wildman–Crippen LogP) is 4.69. The maximum Gasteiger partial charge on any atom is -0.0141 e.